The molecular weight excluding hydrogens is 342 g/mol. The lowest BCUT2D eigenvalue weighted by Gasteiger charge is -2.11. The van der Waals surface area contributed by atoms with Crippen molar-refractivity contribution in [3.63, 3.8) is 0 Å². The van der Waals surface area contributed by atoms with Gasteiger partial charge >= 0.3 is 5.69 Å². The van der Waals surface area contributed by atoms with Crippen LogP contribution in [0.25, 0.3) is 0 Å². The third-order valence-corrected chi connectivity index (χ3v) is 4.72. The van der Waals surface area contributed by atoms with Crippen LogP contribution in [-0.4, -0.2) is 13.3 Å². The van der Waals surface area contributed by atoms with Crippen molar-refractivity contribution in [2.75, 3.05) is 4.72 Å². The fraction of sp³-hybridized carbons (Fsp3) is 0.200. The van der Waals surface area contributed by atoms with Crippen LogP contribution in [0.1, 0.15) is 25.3 Å². The average molecular weight is 356 g/mol. The van der Waals surface area contributed by atoms with E-state index in [1.807, 2.05) is 18.6 Å². The van der Waals surface area contributed by atoms with Crippen LogP contribution in [0, 0.1) is 21.7 Å². The largest absolute Gasteiger partial charge is 0.307 e. The molecular formula is C15H14F2N2O4S. The van der Waals surface area contributed by atoms with E-state index < -0.39 is 38.0 Å². The summed E-state index contributed by atoms with van der Waals surface area (Å²) in [5.41, 5.74) is -0.808. The minimum atomic E-state index is -4.17. The van der Waals surface area contributed by atoms with Crippen LogP contribution < -0.4 is 4.72 Å². The Morgan fingerprint density at radius 2 is 1.67 bits per heavy atom. The van der Waals surface area contributed by atoms with Crippen LogP contribution in [0.4, 0.5) is 20.2 Å². The van der Waals surface area contributed by atoms with Crippen molar-refractivity contribution in [1.82, 2.24) is 0 Å². The molecule has 6 nitrogen and oxygen atoms in total. The van der Waals surface area contributed by atoms with Gasteiger partial charge in [-0.15, -0.1) is 0 Å². The molecule has 0 aromatic heterocycles. The van der Waals surface area contributed by atoms with E-state index in [9.17, 15) is 27.3 Å². The SMILES string of the molecule is CC(C)c1ccc(S(=O)(=O)Nc2cc([N+](=O)[O-])c(F)cc2F)cc1. The summed E-state index contributed by atoms with van der Waals surface area (Å²) in [5.74, 6) is -2.44. The first-order valence-corrected chi connectivity index (χ1v) is 8.36. The van der Waals surface area contributed by atoms with Crippen LogP contribution in [0.3, 0.4) is 0 Å². The van der Waals surface area contributed by atoms with Crippen molar-refractivity contribution in [3.05, 3.63) is 63.7 Å². The molecule has 0 saturated carbocycles. The van der Waals surface area contributed by atoms with Gasteiger partial charge in [-0.1, -0.05) is 26.0 Å². The number of nitrogens with one attached hydrogen (secondary N) is 1. The first-order chi connectivity index (χ1) is 11.1. The van der Waals surface area contributed by atoms with Gasteiger partial charge in [-0.05, 0) is 23.6 Å². The molecule has 128 valence electrons. The minimum absolute atomic E-state index is 0.140. The maximum absolute atomic E-state index is 13.7. The predicted molar refractivity (Wildman–Crippen MR) is 84.4 cm³/mol. The van der Waals surface area contributed by atoms with E-state index in [2.05, 4.69) is 0 Å². The molecule has 0 fully saturated rings. The van der Waals surface area contributed by atoms with Crippen molar-refractivity contribution in [2.45, 2.75) is 24.7 Å². The molecule has 0 radical (unpaired) electrons. The van der Waals surface area contributed by atoms with Gasteiger partial charge in [0.15, 0.2) is 5.82 Å². The number of nitro groups is 1. The molecule has 1 N–H and O–H groups in total. The van der Waals surface area contributed by atoms with Crippen LogP contribution in [-0.2, 0) is 10.0 Å². The Morgan fingerprint density at radius 1 is 1.08 bits per heavy atom. The second-order valence-electron chi connectivity index (χ2n) is 5.37. The van der Waals surface area contributed by atoms with Crippen molar-refractivity contribution >= 4 is 21.4 Å². The molecule has 2 rings (SSSR count). The Kier molecular flexibility index (Phi) is 4.83. The highest BCUT2D eigenvalue weighted by Gasteiger charge is 2.22. The summed E-state index contributed by atoms with van der Waals surface area (Å²) in [6, 6.07) is 6.68. The highest BCUT2D eigenvalue weighted by molar-refractivity contribution is 7.92. The first kappa shape index (κ1) is 17.8. The number of halogens is 2. The van der Waals surface area contributed by atoms with Gasteiger partial charge in [0.2, 0.25) is 5.82 Å². The van der Waals surface area contributed by atoms with Crippen LogP contribution in [0.5, 0.6) is 0 Å². The molecule has 0 saturated heterocycles. The van der Waals surface area contributed by atoms with E-state index >= 15 is 0 Å². The number of nitrogens with zero attached hydrogens (tertiary/aromatic N) is 1. The minimum Gasteiger partial charge on any atom is -0.276 e. The fourth-order valence-electron chi connectivity index (χ4n) is 1.99. The molecule has 9 heteroatoms. The Balaban J connectivity index is 2.39. The van der Waals surface area contributed by atoms with E-state index in [0.717, 1.165) is 5.56 Å². The Hall–Kier alpha value is -2.55. The zero-order valence-electron chi connectivity index (χ0n) is 12.8. The topological polar surface area (TPSA) is 89.3 Å². The summed E-state index contributed by atoms with van der Waals surface area (Å²) >= 11 is 0. The highest BCUT2D eigenvalue weighted by atomic mass is 32.2. The van der Waals surface area contributed by atoms with Gasteiger partial charge in [-0.25, -0.2) is 12.8 Å². The van der Waals surface area contributed by atoms with Crippen molar-refractivity contribution in [3.8, 4) is 0 Å². The summed E-state index contributed by atoms with van der Waals surface area (Å²) < 4.78 is 53.4. The predicted octanol–water partition coefficient (Wildman–Crippen LogP) is 3.80. The van der Waals surface area contributed by atoms with E-state index in [-0.39, 0.29) is 16.9 Å². The van der Waals surface area contributed by atoms with Crippen LogP contribution in [0.2, 0.25) is 0 Å². The quantitative estimate of drug-likeness (QED) is 0.652. The third kappa shape index (κ3) is 3.67. The standard InChI is InChI=1S/C15H14F2N2O4S/c1-9(2)10-3-5-11(6-4-10)24(22,23)18-14-8-15(19(20)21)13(17)7-12(14)16/h3-9,18H,1-2H3. The number of benzene rings is 2. The first-order valence-electron chi connectivity index (χ1n) is 6.88. The number of sulfonamides is 1. The molecule has 0 aliphatic carbocycles. The van der Waals surface area contributed by atoms with Gasteiger partial charge in [0.05, 0.1) is 15.5 Å². The zero-order chi connectivity index (χ0) is 18.1. The summed E-state index contributed by atoms with van der Waals surface area (Å²) in [7, 11) is -4.17. The number of hydrogen-bond acceptors (Lipinski definition) is 4. The van der Waals surface area contributed by atoms with Crippen molar-refractivity contribution in [2.24, 2.45) is 0 Å². The van der Waals surface area contributed by atoms with E-state index in [1.54, 1.807) is 12.1 Å². The number of anilines is 1. The molecule has 24 heavy (non-hydrogen) atoms. The summed E-state index contributed by atoms with van der Waals surface area (Å²) in [6.45, 7) is 3.88. The average Bonchev–Trinajstić information content (AvgIpc) is 2.49. The zero-order valence-corrected chi connectivity index (χ0v) is 13.6. The Labute approximate surface area is 137 Å². The van der Waals surface area contributed by atoms with Gasteiger partial charge in [-0.3, -0.25) is 14.8 Å². The Morgan fingerprint density at radius 3 is 2.17 bits per heavy atom. The summed E-state index contributed by atoms with van der Waals surface area (Å²) in [5, 5.41) is 10.7. The van der Waals surface area contributed by atoms with E-state index in [1.165, 1.54) is 12.1 Å². The molecule has 0 aliphatic heterocycles. The van der Waals surface area contributed by atoms with Gasteiger partial charge in [0, 0.05) is 12.1 Å². The highest BCUT2D eigenvalue weighted by Crippen LogP contribution is 2.27. The monoisotopic (exact) mass is 356 g/mol. The number of rotatable bonds is 5. The maximum Gasteiger partial charge on any atom is 0.307 e. The number of nitro benzene ring substituents is 1. The van der Waals surface area contributed by atoms with Crippen LogP contribution in [0.15, 0.2) is 41.3 Å². The van der Waals surface area contributed by atoms with E-state index in [0.29, 0.717) is 6.07 Å². The summed E-state index contributed by atoms with van der Waals surface area (Å²) in [4.78, 5) is 9.48. The van der Waals surface area contributed by atoms with E-state index in [4.69, 9.17) is 0 Å². The van der Waals surface area contributed by atoms with Gasteiger partial charge in [0.25, 0.3) is 10.0 Å². The molecule has 2 aromatic rings. The maximum atomic E-state index is 13.7. The second kappa shape index (κ2) is 6.52. The molecule has 0 spiro atoms. The van der Waals surface area contributed by atoms with Crippen LogP contribution >= 0.6 is 0 Å². The third-order valence-electron chi connectivity index (χ3n) is 3.33. The number of hydrogen-bond donors (Lipinski definition) is 1. The smallest absolute Gasteiger partial charge is 0.276 e. The fourth-order valence-corrected chi connectivity index (χ4v) is 3.05. The molecule has 0 amide bonds. The molecule has 0 bridgehead atoms. The Bertz CT molecular complexity index is 881. The van der Waals surface area contributed by atoms with Crippen molar-refractivity contribution < 1.29 is 22.1 Å². The van der Waals surface area contributed by atoms with Crippen molar-refractivity contribution in [1.29, 1.82) is 0 Å². The molecule has 0 heterocycles. The lowest BCUT2D eigenvalue weighted by molar-refractivity contribution is -0.387. The summed E-state index contributed by atoms with van der Waals surface area (Å²) in [6.07, 6.45) is 0. The normalized spacial score (nSPS) is 11.5. The lowest BCUT2D eigenvalue weighted by Crippen LogP contribution is -2.14. The molecule has 0 unspecified atom stereocenters. The molecule has 2 aromatic carbocycles. The van der Waals surface area contributed by atoms with Gasteiger partial charge in [-0.2, -0.15) is 4.39 Å². The second-order valence-corrected chi connectivity index (χ2v) is 7.05. The van der Waals surface area contributed by atoms with Gasteiger partial charge in [0.1, 0.15) is 0 Å². The molecule has 0 atom stereocenters. The molecule has 0 aliphatic rings. The van der Waals surface area contributed by atoms with Gasteiger partial charge < -0.3 is 0 Å². The lowest BCUT2D eigenvalue weighted by atomic mass is 10.0.